The summed E-state index contributed by atoms with van der Waals surface area (Å²) in [4.78, 5) is 21.7. The minimum absolute atomic E-state index is 0.142. The molecule has 0 saturated heterocycles. The highest BCUT2D eigenvalue weighted by Gasteiger charge is 2.43. The van der Waals surface area contributed by atoms with Crippen LogP contribution in [0.25, 0.3) is 22.2 Å². The molecule has 0 aliphatic carbocycles. The molecule has 0 spiro atoms. The molecule has 1 amide bonds. The van der Waals surface area contributed by atoms with E-state index in [-0.39, 0.29) is 22.9 Å². The molecule has 4 aromatic rings. The lowest BCUT2D eigenvalue weighted by Crippen LogP contribution is -2.35. The summed E-state index contributed by atoms with van der Waals surface area (Å²) in [7, 11) is 1.43. The summed E-state index contributed by atoms with van der Waals surface area (Å²) in [6.07, 6.45) is -3.05. The van der Waals surface area contributed by atoms with E-state index in [1.165, 1.54) is 43.5 Å². The van der Waals surface area contributed by atoms with Gasteiger partial charge in [0.05, 0.1) is 19.4 Å². The predicted octanol–water partition coefficient (Wildman–Crippen LogP) is 6.32. The number of methoxy groups -OCH3 is 1. The Hall–Kier alpha value is -4.21. The summed E-state index contributed by atoms with van der Waals surface area (Å²) in [6, 6.07) is 11.5. The van der Waals surface area contributed by atoms with Crippen LogP contribution in [0.15, 0.2) is 54.7 Å². The Morgan fingerprint density at radius 1 is 1.18 bits per heavy atom. The fourth-order valence-corrected chi connectivity index (χ4v) is 4.67. The van der Waals surface area contributed by atoms with Crippen LogP contribution in [0.1, 0.15) is 45.9 Å². The molecule has 2 aromatic heterocycles. The summed E-state index contributed by atoms with van der Waals surface area (Å²) in [5.41, 5.74) is 2.51. The van der Waals surface area contributed by atoms with Crippen molar-refractivity contribution < 1.29 is 31.8 Å². The Labute approximate surface area is 222 Å². The molecule has 2 aromatic carbocycles. The van der Waals surface area contributed by atoms with E-state index in [4.69, 9.17) is 9.47 Å². The molecular formula is C29H25F4N3O3. The Balaban J connectivity index is 1.49. The molecule has 6 nitrogen and oxygen atoms in total. The number of ether oxygens (including phenoxy) is 2. The number of rotatable bonds is 6. The summed E-state index contributed by atoms with van der Waals surface area (Å²) in [5, 5.41) is 3.05. The number of benzene rings is 2. The molecule has 0 saturated carbocycles. The first-order valence-electron chi connectivity index (χ1n) is 12.3. The molecule has 2 atom stereocenters. The van der Waals surface area contributed by atoms with Gasteiger partial charge in [-0.2, -0.15) is 13.2 Å². The van der Waals surface area contributed by atoms with Crippen LogP contribution in [0.3, 0.4) is 0 Å². The van der Waals surface area contributed by atoms with Crippen LogP contribution in [0.2, 0.25) is 0 Å². The fraction of sp³-hybridized carbons (Fsp3) is 0.276. The number of aryl methyl sites for hydroxylation is 1. The third-order valence-corrected chi connectivity index (χ3v) is 6.73. The van der Waals surface area contributed by atoms with Gasteiger partial charge in [-0.3, -0.25) is 9.78 Å². The minimum atomic E-state index is -4.71. The zero-order valence-electron chi connectivity index (χ0n) is 21.4. The second-order valence-electron chi connectivity index (χ2n) is 9.60. The fourth-order valence-electron chi connectivity index (χ4n) is 4.67. The summed E-state index contributed by atoms with van der Waals surface area (Å²) in [5.74, 6) is -2.70. The number of fused-ring (bicyclic) bond motifs is 2. The number of nitrogens with one attached hydrogen (secondary N) is 1. The number of carbonyl (C=O) groups is 1. The van der Waals surface area contributed by atoms with Crippen LogP contribution < -0.4 is 14.8 Å². The van der Waals surface area contributed by atoms with E-state index in [0.717, 1.165) is 5.56 Å². The molecular weight excluding hydrogens is 514 g/mol. The number of pyridine rings is 2. The number of carbonyl (C=O) groups excluding carboxylic acids is 1. The first kappa shape index (κ1) is 26.4. The first-order valence-corrected chi connectivity index (χ1v) is 12.3. The quantitative estimate of drug-likeness (QED) is 0.290. The second-order valence-corrected chi connectivity index (χ2v) is 9.60. The van der Waals surface area contributed by atoms with E-state index in [0.29, 0.717) is 40.1 Å². The number of nitrogens with zero attached hydrogens (tertiary/aromatic N) is 2. The van der Waals surface area contributed by atoms with Crippen molar-refractivity contribution in [3.05, 3.63) is 82.9 Å². The van der Waals surface area contributed by atoms with Crippen molar-refractivity contribution in [2.75, 3.05) is 20.3 Å². The molecule has 5 rings (SSSR count). The number of hydrogen-bond acceptors (Lipinski definition) is 5. The SMILES string of the molecule is COc1cc(C(=O)NCC(c2cc3c(c(-c4ccc(F)cc4)n2)OCC3C)C(F)(F)F)cc2cc(C)cnc12. The first-order chi connectivity index (χ1) is 18.5. The van der Waals surface area contributed by atoms with Crippen molar-refractivity contribution >= 4 is 16.8 Å². The van der Waals surface area contributed by atoms with Gasteiger partial charge in [-0.1, -0.05) is 6.92 Å². The van der Waals surface area contributed by atoms with Crippen LogP contribution in [0.4, 0.5) is 17.6 Å². The molecule has 10 heteroatoms. The lowest BCUT2D eigenvalue weighted by Gasteiger charge is -2.22. The molecule has 39 heavy (non-hydrogen) atoms. The molecule has 0 radical (unpaired) electrons. The molecule has 0 fully saturated rings. The lowest BCUT2D eigenvalue weighted by molar-refractivity contribution is -0.149. The highest BCUT2D eigenvalue weighted by Crippen LogP contribution is 2.44. The molecule has 1 N–H and O–H groups in total. The van der Waals surface area contributed by atoms with E-state index in [1.807, 2.05) is 19.9 Å². The molecule has 3 heterocycles. The summed E-state index contributed by atoms with van der Waals surface area (Å²) in [6.45, 7) is 3.24. The van der Waals surface area contributed by atoms with Crippen molar-refractivity contribution in [3.8, 4) is 22.8 Å². The van der Waals surface area contributed by atoms with Gasteiger partial charge < -0.3 is 14.8 Å². The van der Waals surface area contributed by atoms with E-state index < -0.39 is 30.4 Å². The largest absolute Gasteiger partial charge is 0.494 e. The standard InChI is InChI=1S/C29H25F4N3O3/c1-15-8-18-9-19(10-24(38-3)25(18)34-12-15)28(37)35-13-22(29(31,32)33)23-11-21-16(2)14-39-27(21)26(36-23)17-4-6-20(30)7-5-17/h4-12,16,22H,13-14H2,1-3H3,(H,35,37). The van der Waals surface area contributed by atoms with Crippen LogP contribution in [-0.4, -0.2) is 42.3 Å². The Bertz CT molecular complexity index is 1550. The van der Waals surface area contributed by atoms with Gasteiger partial charge in [-0.15, -0.1) is 0 Å². The van der Waals surface area contributed by atoms with Crippen LogP contribution in [-0.2, 0) is 0 Å². The number of amides is 1. The van der Waals surface area contributed by atoms with Gasteiger partial charge in [0.15, 0.2) is 0 Å². The van der Waals surface area contributed by atoms with Gasteiger partial charge in [-0.25, -0.2) is 9.37 Å². The Kier molecular flexibility index (Phi) is 6.88. The van der Waals surface area contributed by atoms with Crippen LogP contribution in [0.5, 0.6) is 11.5 Å². The highest BCUT2D eigenvalue weighted by atomic mass is 19.4. The van der Waals surface area contributed by atoms with Crippen molar-refractivity contribution in [1.29, 1.82) is 0 Å². The zero-order chi connectivity index (χ0) is 27.9. The van der Waals surface area contributed by atoms with Gasteiger partial charge in [0.25, 0.3) is 5.91 Å². The Morgan fingerprint density at radius 2 is 1.92 bits per heavy atom. The van der Waals surface area contributed by atoms with Crippen LogP contribution in [0, 0.1) is 12.7 Å². The highest BCUT2D eigenvalue weighted by molar-refractivity contribution is 6.00. The number of aromatic nitrogens is 2. The van der Waals surface area contributed by atoms with E-state index in [2.05, 4.69) is 15.3 Å². The van der Waals surface area contributed by atoms with Crippen molar-refractivity contribution in [2.24, 2.45) is 0 Å². The Morgan fingerprint density at radius 3 is 2.62 bits per heavy atom. The van der Waals surface area contributed by atoms with Crippen LogP contribution >= 0.6 is 0 Å². The molecule has 2 unspecified atom stereocenters. The minimum Gasteiger partial charge on any atom is -0.494 e. The van der Waals surface area contributed by atoms with Gasteiger partial charge in [-0.05, 0) is 61.0 Å². The van der Waals surface area contributed by atoms with Gasteiger partial charge >= 0.3 is 6.18 Å². The van der Waals surface area contributed by atoms with Gasteiger partial charge in [0, 0.05) is 40.7 Å². The smallest absolute Gasteiger partial charge is 0.398 e. The molecule has 202 valence electrons. The normalized spacial score (nSPS) is 15.5. The van der Waals surface area contributed by atoms with Gasteiger partial charge in [0.1, 0.15) is 34.4 Å². The summed E-state index contributed by atoms with van der Waals surface area (Å²) >= 11 is 0. The average Bonchev–Trinajstić information content (AvgIpc) is 3.27. The van der Waals surface area contributed by atoms with Crippen molar-refractivity contribution in [2.45, 2.75) is 31.9 Å². The van der Waals surface area contributed by atoms with Crippen molar-refractivity contribution in [1.82, 2.24) is 15.3 Å². The molecule has 0 bridgehead atoms. The van der Waals surface area contributed by atoms with Crippen molar-refractivity contribution in [3.63, 3.8) is 0 Å². The zero-order valence-corrected chi connectivity index (χ0v) is 21.4. The average molecular weight is 540 g/mol. The maximum Gasteiger partial charge on any atom is 0.398 e. The monoisotopic (exact) mass is 539 g/mol. The third kappa shape index (κ3) is 5.23. The molecule has 1 aliphatic rings. The maximum atomic E-state index is 14.4. The maximum absolute atomic E-state index is 14.4. The second kappa shape index (κ2) is 10.2. The lowest BCUT2D eigenvalue weighted by atomic mass is 9.95. The van der Waals surface area contributed by atoms with Gasteiger partial charge in [0.2, 0.25) is 0 Å². The number of hydrogen-bond donors (Lipinski definition) is 1. The summed E-state index contributed by atoms with van der Waals surface area (Å²) < 4.78 is 67.7. The topological polar surface area (TPSA) is 73.3 Å². The number of halogens is 4. The number of alkyl halides is 3. The molecule has 1 aliphatic heterocycles. The van der Waals surface area contributed by atoms with E-state index in [9.17, 15) is 22.4 Å². The van der Waals surface area contributed by atoms with E-state index in [1.54, 1.807) is 12.3 Å². The van der Waals surface area contributed by atoms with E-state index >= 15 is 0 Å². The third-order valence-electron chi connectivity index (χ3n) is 6.73. The predicted molar refractivity (Wildman–Crippen MR) is 138 cm³/mol.